The Morgan fingerprint density at radius 2 is 2.15 bits per heavy atom. The van der Waals surface area contributed by atoms with Crippen molar-refractivity contribution in [2.75, 3.05) is 13.2 Å². The Labute approximate surface area is 128 Å². The van der Waals surface area contributed by atoms with Crippen LogP contribution in [0, 0.1) is 5.41 Å². The molecule has 0 amide bonds. The molecule has 2 rings (SSSR count). The van der Waals surface area contributed by atoms with Crippen molar-refractivity contribution in [2.45, 2.75) is 33.2 Å². The molecule has 2 aromatic rings. The van der Waals surface area contributed by atoms with E-state index in [0.29, 0.717) is 0 Å². The molecule has 0 atom stereocenters. The molecule has 0 radical (unpaired) electrons. The first-order valence-electron chi connectivity index (χ1n) is 7.03. The smallest absolute Gasteiger partial charge is 0.133 e. The molecule has 2 heterocycles. The van der Waals surface area contributed by atoms with Gasteiger partial charge in [-0.3, -0.25) is 0 Å². The van der Waals surface area contributed by atoms with Crippen LogP contribution in [0.5, 0.6) is 0 Å². The van der Waals surface area contributed by atoms with Gasteiger partial charge in [-0.15, -0.1) is 22.7 Å². The van der Waals surface area contributed by atoms with Crippen molar-refractivity contribution in [3.8, 4) is 9.88 Å². The van der Waals surface area contributed by atoms with E-state index in [4.69, 9.17) is 0 Å². The topological polar surface area (TPSA) is 45.1 Å². The number of hydrogen-bond donors (Lipinski definition) is 2. The third kappa shape index (κ3) is 3.67. The highest BCUT2D eigenvalue weighted by Crippen LogP contribution is 2.29. The molecule has 110 valence electrons. The van der Waals surface area contributed by atoms with E-state index in [0.717, 1.165) is 30.9 Å². The number of thiazole rings is 1. The second kappa shape index (κ2) is 7.31. The number of aliphatic hydroxyl groups is 1. The second-order valence-electron chi connectivity index (χ2n) is 5.08. The third-order valence-corrected chi connectivity index (χ3v) is 5.96. The molecular formula is C15H22N2OS2. The predicted octanol–water partition coefficient (Wildman–Crippen LogP) is 3.76. The molecule has 0 spiro atoms. The number of rotatable bonds is 8. The number of aliphatic hydroxyl groups excluding tert-OH is 1. The summed E-state index contributed by atoms with van der Waals surface area (Å²) in [4.78, 5) is 6.95. The van der Waals surface area contributed by atoms with Crippen molar-refractivity contribution in [2.24, 2.45) is 5.41 Å². The van der Waals surface area contributed by atoms with Crippen LogP contribution < -0.4 is 5.32 Å². The van der Waals surface area contributed by atoms with E-state index >= 15 is 0 Å². The summed E-state index contributed by atoms with van der Waals surface area (Å²) in [7, 11) is 0. The molecule has 0 aliphatic rings. The first-order valence-corrected chi connectivity index (χ1v) is 8.73. The fraction of sp³-hybridized carbons (Fsp3) is 0.533. The van der Waals surface area contributed by atoms with Crippen LogP contribution in [0.4, 0.5) is 0 Å². The van der Waals surface area contributed by atoms with Gasteiger partial charge in [-0.05, 0) is 24.3 Å². The Bertz CT molecular complexity index is 495. The van der Waals surface area contributed by atoms with Gasteiger partial charge in [-0.25, -0.2) is 4.98 Å². The maximum Gasteiger partial charge on any atom is 0.133 e. The zero-order chi connectivity index (χ0) is 14.4. The lowest BCUT2D eigenvalue weighted by Crippen LogP contribution is -2.36. The summed E-state index contributed by atoms with van der Waals surface area (Å²) < 4.78 is 0. The summed E-state index contributed by atoms with van der Waals surface area (Å²) in [5, 5.41) is 16.2. The minimum atomic E-state index is 0.0151. The lowest BCUT2D eigenvalue weighted by atomic mass is 9.83. The molecule has 2 aromatic heterocycles. The van der Waals surface area contributed by atoms with E-state index in [-0.39, 0.29) is 12.0 Å². The van der Waals surface area contributed by atoms with Gasteiger partial charge in [0.1, 0.15) is 5.01 Å². The largest absolute Gasteiger partial charge is 0.396 e. The van der Waals surface area contributed by atoms with Crippen molar-refractivity contribution in [1.82, 2.24) is 10.3 Å². The predicted molar refractivity (Wildman–Crippen MR) is 87.2 cm³/mol. The molecule has 5 heteroatoms. The summed E-state index contributed by atoms with van der Waals surface area (Å²) in [5.41, 5.74) is 0.0151. The second-order valence-corrected chi connectivity index (χ2v) is 7.14. The zero-order valence-electron chi connectivity index (χ0n) is 12.1. The Morgan fingerprint density at radius 3 is 2.75 bits per heavy atom. The van der Waals surface area contributed by atoms with Crippen LogP contribution in [0.25, 0.3) is 9.88 Å². The quantitative estimate of drug-likeness (QED) is 0.780. The normalized spacial score (nSPS) is 11.9. The van der Waals surface area contributed by atoms with Crippen molar-refractivity contribution in [3.05, 3.63) is 28.6 Å². The minimum absolute atomic E-state index is 0.0151. The van der Waals surface area contributed by atoms with Crippen molar-refractivity contribution < 1.29 is 5.11 Å². The van der Waals surface area contributed by atoms with Gasteiger partial charge in [0.15, 0.2) is 0 Å². The molecule has 0 saturated carbocycles. The van der Waals surface area contributed by atoms with E-state index in [2.05, 4.69) is 41.7 Å². The van der Waals surface area contributed by atoms with E-state index in [1.165, 1.54) is 9.75 Å². The fourth-order valence-electron chi connectivity index (χ4n) is 2.13. The average Bonchev–Trinajstić information content (AvgIpc) is 3.15. The highest BCUT2D eigenvalue weighted by atomic mass is 32.1. The Kier molecular flexibility index (Phi) is 5.72. The molecule has 0 unspecified atom stereocenters. The van der Waals surface area contributed by atoms with E-state index in [9.17, 15) is 5.11 Å². The monoisotopic (exact) mass is 310 g/mol. The van der Waals surface area contributed by atoms with Crippen molar-refractivity contribution >= 4 is 22.7 Å². The van der Waals surface area contributed by atoms with Crippen LogP contribution in [-0.4, -0.2) is 23.2 Å². The summed E-state index contributed by atoms with van der Waals surface area (Å²) in [6.45, 7) is 6.20. The molecular weight excluding hydrogens is 288 g/mol. The maximum absolute atomic E-state index is 9.55. The first kappa shape index (κ1) is 15.6. The lowest BCUT2D eigenvalue weighted by Gasteiger charge is -2.29. The van der Waals surface area contributed by atoms with Gasteiger partial charge < -0.3 is 10.4 Å². The highest BCUT2D eigenvalue weighted by molar-refractivity contribution is 7.20. The fourth-order valence-corrected chi connectivity index (χ4v) is 3.82. The average molecular weight is 310 g/mol. The van der Waals surface area contributed by atoms with Gasteiger partial charge in [0.05, 0.1) is 4.88 Å². The molecule has 3 nitrogen and oxygen atoms in total. The molecule has 0 bridgehead atoms. The van der Waals surface area contributed by atoms with E-state index < -0.39 is 0 Å². The highest BCUT2D eigenvalue weighted by Gasteiger charge is 2.24. The Hall–Kier alpha value is -0.750. The molecule has 2 N–H and O–H groups in total. The first-order chi connectivity index (χ1) is 9.73. The standard InChI is InChI=1S/C15H22N2OS2/c1-3-15(4-2,11-18)10-16-8-12-9-17-14(20-12)13-6-5-7-19-13/h5-7,9,16,18H,3-4,8,10-11H2,1-2H3. The van der Waals surface area contributed by atoms with Crippen LogP contribution in [0.3, 0.4) is 0 Å². The van der Waals surface area contributed by atoms with Gasteiger partial charge in [0, 0.05) is 36.2 Å². The van der Waals surface area contributed by atoms with Crippen molar-refractivity contribution in [3.63, 3.8) is 0 Å². The van der Waals surface area contributed by atoms with Gasteiger partial charge in [0.2, 0.25) is 0 Å². The number of nitrogens with zero attached hydrogens (tertiary/aromatic N) is 1. The van der Waals surface area contributed by atoms with Gasteiger partial charge in [-0.1, -0.05) is 19.9 Å². The Morgan fingerprint density at radius 1 is 1.35 bits per heavy atom. The number of nitrogens with one attached hydrogen (secondary N) is 1. The van der Waals surface area contributed by atoms with Crippen molar-refractivity contribution in [1.29, 1.82) is 0 Å². The van der Waals surface area contributed by atoms with Crippen LogP contribution >= 0.6 is 22.7 Å². The third-order valence-electron chi connectivity index (χ3n) is 3.92. The summed E-state index contributed by atoms with van der Waals surface area (Å²) in [5.74, 6) is 0. The van der Waals surface area contributed by atoms with Gasteiger partial charge in [0.25, 0.3) is 0 Å². The van der Waals surface area contributed by atoms with Crippen LogP contribution in [0.2, 0.25) is 0 Å². The maximum atomic E-state index is 9.55. The van der Waals surface area contributed by atoms with Crippen LogP contribution in [-0.2, 0) is 6.54 Å². The molecule has 0 aliphatic heterocycles. The Balaban J connectivity index is 1.89. The van der Waals surface area contributed by atoms with E-state index in [1.807, 2.05) is 6.20 Å². The van der Waals surface area contributed by atoms with Gasteiger partial charge >= 0.3 is 0 Å². The number of thiophene rings is 1. The molecule has 0 aliphatic carbocycles. The minimum Gasteiger partial charge on any atom is -0.396 e. The molecule has 20 heavy (non-hydrogen) atoms. The van der Waals surface area contributed by atoms with E-state index in [1.54, 1.807) is 22.7 Å². The SMILES string of the molecule is CCC(CC)(CO)CNCc1cnc(-c2cccs2)s1. The van der Waals surface area contributed by atoms with Crippen LogP contribution in [0.1, 0.15) is 31.6 Å². The molecule has 0 saturated heterocycles. The number of hydrogen-bond acceptors (Lipinski definition) is 5. The lowest BCUT2D eigenvalue weighted by molar-refractivity contribution is 0.113. The summed E-state index contributed by atoms with van der Waals surface area (Å²) in [6, 6.07) is 4.16. The van der Waals surface area contributed by atoms with Crippen LogP contribution in [0.15, 0.2) is 23.7 Å². The molecule has 0 aromatic carbocycles. The molecule has 0 fully saturated rings. The zero-order valence-corrected chi connectivity index (χ0v) is 13.7. The summed E-state index contributed by atoms with van der Waals surface area (Å²) in [6.07, 6.45) is 3.94. The summed E-state index contributed by atoms with van der Waals surface area (Å²) >= 11 is 3.46. The number of aromatic nitrogens is 1. The van der Waals surface area contributed by atoms with Gasteiger partial charge in [-0.2, -0.15) is 0 Å².